The van der Waals surface area contributed by atoms with Crippen LogP contribution in [-0.4, -0.2) is 29.6 Å². The third-order valence-electron chi connectivity index (χ3n) is 2.74. The van der Waals surface area contributed by atoms with Crippen molar-refractivity contribution < 1.29 is 14.7 Å². The molecule has 110 valence electrons. The van der Waals surface area contributed by atoms with Crippen LogP contribution in [0.15, 0.2) is 28.7 Å². The van der Waals surface area contributed by atoms with E-state index in [1.54, 1.807) is 12.1 Å². The highest BCUT2D eigenvalue weighted by molar-refractivity contribution is 9.10. The van der Waals surface area contributed by atoms with Gasteiger partial charge in [-0.2, -0.15) is 0 Å². The molecule has 6 heteroatoms. The Labute approximate surface area is 126 Å². The average Bonchev–Trinajstić information content (AvgIpc) is 2.39. The maximum Gasteiger partial charge on any atom is 0.243 e. The number of halogens is 1. The van der Waals surface area contributed by atoms with Gasteiger partial charge in [0.05, 0.1) is 19.1 Å². The van der Waals surface area contributed by atoms with Crippen LogP contribution in [0.3, 0.4) is 0 Å². The van der Waals surface area contributed by atoms with Crippen molar-refractivity contribution in [3.63, 3.8) is 0 Å². The van der Waals surface area contributed by atoms with Crippen LogP contribution < -0.4 is 10.6 Å². The number of nitrogens with one attached hydrogen (secondary N) is 2. The molecule has 0 aliphatic rings. The summed E-state index contributed by atoms with van der Waals surface area (Å²) < 4.78 is 0.923. The second-order valence-electron chi connectivity index (χ2n) is 4.85. The first-order valence-corrected chi connectivity index (χ1v) is 7.18. The third kappa shape index (κ3) is 6.16. The predicted molar refractivity (Wildman–Crippen MR) is 81.2 cm³/mol. The standard InChI is InChI=1S/C14H19BrN2O3/c1-9(2)12(18)7-13(19)16-8-14(20)17-11-5-3-10(15)4-6-11/h3-6,9,12,18H,7-8H2,1-2H3,(H,16,19)(H,17,20). The number of aliphatic hydroxyl groups excluding tert-OH is 1. The van der Waals surface area contributed by atoms with Crippen LogP contribution in [0.2, 0.25) is 0 Å². The number of hydrogen-bond acceptors (Lipinski definition) is 3. The topological polar surface area (TPSA) is 78.4 Å². The zero-order valence-electron chi connectivity index (χ0n) is 11.5. The molecule has 0 radical (unpaired) electrons. The number of amides is 2. The molecule has 20 heavy (non-hydrogen) atoms. The summed E-state index contributed by atoms with van der Waals surface area (Å²) in [6.45, 7) is 3.55. The van der Waals surface area contributed by atoms with Crippen molar-refractivity contribution in [3.8, 4) is 0 Å². The summed E-state index contributed by atoms with van der Waals surface area (Å²) in [5, 5.41) is 14.7. The minimum Gasteiger partial charge on any atom is -0.392 e. The van der Waals surface area contributed by atoms with Crippen molar-refractivity contribution in [1.29, 1.82) is 0 Å². The number of rotatable bonds is 6. The van der Waals surface area contributed by atoms with Crippen LogP contribution in [0, 0.1) is 5.92 Å². The van der Waals surface area contributed by atoms with E-state index in [2.05, 4.69) is 26.6 Å². The molecule has 1 aromatic carbocycles. The molecule has 0 heterocycles. The van der Waals surface area contributed by atoms with Crippen LogP contribution in [-0.2, 0) is 9.59 Å². The van der Waals surface area contributed by atoms with Crippen LogP contribution in [0.25, 0.3) is 0 Å². The van der Waals surface area contributed by atoms with Gasteiger partial charge in [-0.3, -0.25) is 9.59 Å². The number of benzene rings is 1. The molecule has 2 amide bonds. The number of hydrogen-bond donors (Lipinski definition) is 3. The molecular weight excluding hydrogens is 324 g/mol. The molecule has 3 N–H and O–H groups in total. The average molecular weight is 343 g/mol. The Kier molecular flexibility index (Phi) is 6.67. The van der Waals surface area contributed by atoms with E-state index in [-0.39, 0.29) is 30.7 Å². The van der Waals surface area contributed by atoms with Crippen LogP contribution in [0.1, 0.15) is 20.3 Å². The zero-order chi connectivity index (χ0) is 15.1. The highest BCUT2D eigenvalue weighted by Gasteiger charge is 2.14. The molecule has 1 atom stereocenters. The van der Waals surface area contributed by atoms with Crippen molar-refractivity contribution in [1.82, 2.24) is 5.32 Å². The monoisotopic (exact) mass is 342 g/mol. The molecule has 0 spiro atoms. The van der Waals surface area contributed by atoms with Gasteiger partial charge in [0.1, 0.15) is 0 Å². The van der Waals surface area contributed by atoms with Gasteiger partial charge >= 0.3 is 0 Å². The molecular formula is C14H19BrN2O3. The Morgan fingerprint density at radius 1 is 1.20 bits per heavy atom. The largest absolute Gasteiger partial charge is 0.392 e. The first-order chi connectivity index (χ1) is 9.38. The van der Waals surface area contributed by atoms with E-state index >= 15 is 0 Å². The van der Waals surface area contributed by atoms with Crippen molar-refractivity contribution in [2.75, 3.05) is 11.9 Å². The van der Waals surface area contributed by atoms with Gasteiger partial charge in [-0.15, -0.1) is 0 Å². The van der Waals surface area contributed by atoms with Gasteiger partial charge in [-0.1, -0.05) is 29.8 Å². The summed E-state index contributed by atoms with van der Waals surface area (Å²) in [7, 11) is 0. The molecule has 1 rings (SSSR count). The summed E-state index contributed by atoms with van der Waals surface area (Å²) in [4.78, 5) is 23.1. The highest BCUT2D eigenvalue weighted by atomic mass is 79.9. The highest BCUT2D eigenvalue weighted by Crippen LogP contribution is 2.13. The quantitative estimate of drug-likeness (QED) is 0.738. The lowest BCUT2D eigenvalue weighted by molar-refractivity contribution is -0.126. The maximum absolute atomic E-state index is 11.6. The second kappa shape index (κ2) is 8.01. The molecule has 1 aromatic rings. The fraction of sp³-hybridized carbons (Fsp3) is 0.429. The molecule has 0 aliphatic heterocycles. The number of carbonyl (C=O) groups excluding carboxylic acids is 2. The van der Waals surface area contributed by atoms with Gasteiger partial charge in [-0.05, 0) is 30.2 Å². The van der Waals surface area contributed by atoms with Gasteiger partial charge in [0.2, 0.25) is 11.8 Å². The molecule has 0 saturated heterocycles. The Balaban J connectivity index is 2.32. The molecule has 0 aromatic heterocycles. The number of anilines is 1. The number of carbonyl (C=O) groups is 2. The van der Waals surface area contributed by atoms with Gasteiger partial charge < -0.3 is 15.7 Å². The Morgan fingerprint density at radius 3 is 2.35 bits per heavy atom. The van der Waals surface area contributed by atoms with Crippen molar-refractivity contribution in [2.24, 2.45) is 5.92 Å². The fourth-order valence-electron chi connectivity index (χ4n) is 1.42. The lowest BCUT2D eigenvalue weighted by atomic mass is 10.0. The lowest BCUT2D eigenvalue weighted by Gasteiger charge is -2.13. The van der Waals surface area contributed by atoms with Crippen molar-refractivity contribution in [2.45, 2.75) is 26.4 Å². The Morgan fingerprint density at radius 2 is 1.80 bits per heavy atom. The van der Waals surface area contributed by atoms with Crippen molar-refractivity contribution in [3.05, 3.63) is 28.7 Å². The summed E-state index contributed by atoms with van der Waals surface area (Å²) in [5.41, 5.74) is 0.662. The second-order valence-corrected chi connectivity index (χ2v) is 5.76. The van der Waals surface area contributed by atoms with Crippen LogP contribution in [0.4, 0.5) is 5.69 Å². The van der Waals surface area contributed by atoms with Crippen LogP contribution in [0.5, 0.6) is 0 Å². The summed E-state index contributed by atoms with van der Waals surface area (Å²) in [6.07, 6.45) is -0.687. The third-order valence-corrected chi connectivity index (χ3v) is 3.27. The minimum absolute atomic E-state index is 0.00320. The lowest BCUT2D eigenvalue weighted by Crippen LogP contribution is -2.35. The first kappa shape index (κ1) is 16.7. The fourth-order valence-corrected chi connectivity index (χ4v) is 1.68. The number of aliphatic hydroxyl groups is 1. The minimum atomic E-state index is -0.690. The smallest absolute Gasteiger partial charge is 0.243 e. The van der Waals surface area contributed by atoms with Crippen LogP contribution >= 0.6 is 15.9 Å². The van der Waals surface area contributed by atoms with E-state index in [4.69, 9.17) is 0 Å². The molecule has 0 bridgehead atoms. The molecule has 0 saturated carbocycles. The normalized spacial score (nSPS) is 12.1. The van der Waals surface area contributed by atoms with E-state index in [0.29, 0.717) is 5.69 Å². The molecule has 1 unspecified atom stereocenters. The van der Waals surface area contributed by atoms with E-state index in [9.17, 15) is 14.7 Å². The van der Waals surface area contributed by atoms with E-state index in [1.807, 2.05) is 26.0 Å². The maximum atomic E-state index is 11.6. The zero-order valence-corrected chi connectivity index (χ0v) is 13.1. The summed E-state index contributed by atoms with van der Waals surface area (Å²) >= 11 is 3.30. The molecule has 0 aliphatic carbocycles. The molecule has 5 nitrogen and oxygen atoms in total. The van der Waals surface area contributed by atoms with Gasteiger partial charge in [0.15, 0.2) is 0 Å². The predicted octanol–water partition coefficient (Wildman–Crippen LogP) is 1.91. The first-order valence-electron chi connectivity index (χ1n) is 6.38. The van der Waals surface area contributed by atoms with E-state index < -0.39 is 6.10 Å². The van der Waals surface area contributed by atoms with Gasteiger partial charge in [0.25, 0.3) is 0 Å². The Hall–Kier alpha value is -1.40. The van der Waals surface area contributed by atoms with Crippen molar-refractivity contribution >= 4 is 33.4 Å². The van der Waals surface area contributed by atoms with Gasteiger partial charge in [0, 0.05) is 10.2 Å². The van der Waals surface area contributed by atoms with E-state index in [0.717, 1.165) is 4.47 Å². The van der Waals surface area contributed by atoms with Gasteiger partial charge in [-0.25, -0.2) is 0 Å². The van der Waals surface area contributed by atoms with E-state index in [1.165, 1.54) is 0 Å². The Bertz CT molecular complexity index is 460. The SMILES string of the molecule is CC(C)C(O)CC(=O)NCC(=O)Nc1ccc(Br)cc1. The summed E-state index contributed by atoms with van der Waals surface area (Å²) in [6, 6.07) is 7.14. The summed E-state index contributed by atoms with van der Waals surface area (Å²) in [5.74, 6) is -0.630. The molecule has 0 fully saturated rings.